The molecule has 3 rings (SSSR count). The summed E-state index contributed by atoms with van der Waals surface area (Å²) in [4.78, 5) is 34.5. The summed E-state index contributed by atoms with van der Waals surface area (Å²) in [5.41, 5.74) is 1.27. The van der Waals surface area contributed by atoms with E-state index in [1.54, 1.807) is 23.9 Å². The first kappa shape index (κ1) is 21.0. The van der Waals surface area contributed by atoms with Crippen LogP contribution in [0.5, 0.6) is 0 Å². The van der Waals surface area contributed by atoms with Crippen molar-refractivity contribution in [3.05, 3.63) is 35.4 Å². The van der Waals surface area contributed by atoms with Crippen LogP contribution in [0.25, 0.3) is 0 Å². The normalized spacial score (nSPS) is 18.8. The molecule has 1 unspecified atom stereocenters. The fraction of sp³-hybridized carbons (Fsp3) is 0.571. The highest BCUT2D eigenvalue weighted by atomic mass is 16.6. The zero-order valence-electron chi connectivity index (χ0n) is 17.9. The van der Waals surface area contributed by atoms with Gasteiger partial charge in [0.1, 0.15) is 5.60 Å². The molecule has 0 bridgehead atoms. The average Bonchev–Trinajstić information content (AvgIpc) is 3.07. The number of aliphatic imine (C=N–C) groups is 1. The van der Waals surface area contributed by atoms with Gasteiger partial charge in [-0.2, -0.15) is 0 Å². The first-order valence-electron chi connectivity index (χ1n) is 9.97. The van der Waals surface area contributed by atoms with Gasteiger partial charge in [-0.05, 0) is 38.5 Å². The fourth-order valence-electron chi connectivity index (χ4n) is 3.43. The Morgan fingerprint density at radius 1 is 1.21 bits per heavy atom. The van der Waals surface area contributed by atoms with Crippen LogP contribution in [-0.2, 0) is 11.3 Å². The summed E-state index contributed by atoms with van der Waals surface area (Å²) in [7, 11) is 3.49. The zero-order chi connectivity index (χ0) is 21.2. The Morgan fingerprint density at radius 3 is 2.52 bits per heavy atom. The maximum atomic E-state index is 12.3. The lowest BCUT2D eigenvalue weighted by Gasteiger charge is -2.39. The molecule has 0 aromatic heterocycles. The van der Waals surface area contributed by atoms with Gasteiger partial charge < -0.3 is 24.8 Å². The van der Waals surface area contributed by atoms with E-state index < -0.39 is 5.60 Å². The van der Waals surface area contributed by atoms with Crippen molar-refractivity contribution in [2.75, 3.05) is 40.3 Å². The predicted molar refractivity (Wildman–Crippen MR) is 112 cm³/mol. The highest BCUT2D eigenvalue weighted by Gasteiger charge is 2.36. The largest absolute Gasteiger partial charge is 0.444 e. The van der Waals surface area contributed by atoms with Gasteiger partial charge >= 0.3 is 6.09 Å². The molecule has 0 saturated carbocycles. The van der Waals surface area contributed by atoms with Crippen LogP contribution in [0.2, 0.25) is 0 Å². The average molecular weight is 402 g/mol. The monoisotopic (exact) mass is 401 g/mol. The number of rotatable bonds is 3. The molecule has 8 heteroatoms. The molecule has 1 N–H and O–H groups in total. The quantitative estimate of drug-likeness (QED) is 0.835. The topological polar surface area (TPSA) is 77.5 Å². The van der Waals surface area contributed by atoms with Gasteiger partial charge in [-0.1, -0.05) is 12.1 Å². The number of fused-ring (bicyclic) bond motifs is 1. The number of hydrogen-bond acceptors (Lipinski definition) is 6. The smallest absolute Gasteiger partial charge is 0.410 e. The lowest BCUT2D eigenvalue weighted by atomic mass is 10.1. The van der Waals surface area contributed by atoms with E-state index in [9.17, 15) is 9.59 Å². The van der Waals surface area contributed by atoms with Crippen LogP contribution >= 0.6 is 0 Å². The minimum Gasteiger partial charge on any atom is -0.444 e. The molecule has 2 heterocycles. The number of amides is 2. The number of carbonyl (C=O) groups excluding carboxylic acids is 2. The summed E-state index contributed by atoms with van der Waals surface area (Å²) in [6.45, 7) is 8.90. The third-order valence-corrected chi connectivity index (χ3v) is 4.92. The Labute approximate surface area is 172 Å². The molecule has 8 nitrogen and oxygen atoms in total. The van der Waals surface area contributed by atoms with Gasteiger partial charge in [0.2, 0.25) is 0 Å². The predicted octanol–water partition coefficient (Wildman–Crippen LogP) is 1.77. The number of piperazine rings is 1. The van der Waals surface area contributed by atoms with Gasteiger partial charge in [0.25, 0.3) is 5.91 Å². The number of carbonyl (C=O) groups is 2. The zero-order valence-corrected chi connectivity index (χ0v) is 17.9. The molecule has 29 heavy (non-hydrogen) atoms. The van der Waals surface area contributed by atoms with Crippen molar-refractivity contribution in [2.24, 2.45) is 4.99 Å². The molecule has 158 valence electrons. The number of nitrogens with one attached hydrogen (secondary N) is 1. The standard InChI is InChI=1S/C21H31N5O3/c1-21(2,3)29-20(28)25-10-11-26-17(14-25)13-23-19(26)22-12-15-6-8-16(9-7-15)18(27)24(4)5/h6-9,17H,10-14H2,1-5H3,(H,22,23). The molecular formula is C21H31N5O3. The summed E-state index contributed by atoms with van der Waals surface area (Å²) < 4.78 is 5.49. The molecular weight excluding hydrogens is 370 g/mol. The van der Waals surface area contributed by atoms with Crippen LogP contribution < -0.4 is 5.32 Å². The molecule has 1 atom stereocenters. The Bertz CT molecular complexity index is 783. The van der Waals surface area contributed by atoms with E-state index in [1.165, 1.54) is 0 Å². The number of nitrogens with zero attached hydrogens (tertiary/aromatic N) is 4. The molecule has 2 amide bonds. The maximum absolute atomic E-state index is 12.3. The second-order valence-electron chi connectivity index (χ2n) is 8.69. The number of benzene rings is 1. The molecule has 2 aliphatic heterocycles. The second kappa shape index (κ2) is 8.31. The van der Waals surface area contributed by atoms with E-state index in [4.69, 9.17) is 4.74 Å². The molecule has 0 radical (unpaired) electrons. The van der Waals surface area contributed by atoms with E-state index in [2.05, 4.69) is 15.2 Å². The summed E-state index contributed by atoms with van der Waals surface area (Å²) in [6, 6.07) is 7.78. The summed E-state index contributed by atoms with van der Waals surface area (Å²) in [6.07, 6.45) is -0.258. The number of ether oxygens (including phenoxy) is 1. The van der Waals surface area contributed by atoms with E-state index in [0.29, 0.717) is 31.7 Å². The number of hydrogen-bond donors (Lipinski definition) is 1. The summed E-state index contributed by atoms with van der Waals surface area (Å²) in [5.74, 6) is 0.864. The van der Waals surface area contributed by atoms with Crippen molar-refractivity contribution in [3.8, 4) is 0 Å². The fourth-order valence-corrected chi connectivity index (χ4v) is 3.43. The third-order valence-electron chi connectivity index (χ3n) is 4.92. The lowest BCUT2D eigenvalue weighted by molar-refractivity contribution is 0.0137. The van der Waals surface area contributed by atoms with Crippen LogP contribution in [0.4, 0.5) is 4.79 Å². The van der Waals surface area contributed by atoms with Gasteiger partial charge in [-0.3, -0.25) is 9.79 Å². The minimum atomic E-state index is -0.486. The van der Waals surface area contributed by atoms with Gasteiger partial charge in [-0.25, -0.2) is 4.79 Å². The van der Waals surface area contributed by atoms with E-state index in [-0.39, 0.29) is 18.0 Å². The van der Waals surface area contributed by atoms with Crippen LogP contribution in [0.1, 0.15) is 36.7 Å². The van der Waals surface area contributed by atoms with Crippen LogP contribution in [0, 0.1) is 0 Å². The highest BCUT2D eigenvalue weighted by Crippen LogP contribution is 2.19. The lowest BCUT2D eigenvalue weighted by Crippen LogP contribution is -2.57. The molecule has 0 aliphatic carbocycles. The first-order valence-corrected chi connectivity index (χ1v) is 9.97. The molecule has 2 aliphatic rings. The SMILES string of the molecule is CN(C)C(=O)c1ccc(CNC2=NCC3CN(C(=O)OC(C)(C)C)CCN23)cc1. The van der Waals surface area contributed by atoms with E-state index >= 15 is 0 Å². The van der Waals surface area contributed by atoms with Crippen molar-refractivity contribution < 1.29 is 14.3 Å². The molecule has 1 aromatic rings. The Kier molecular flexibility index (Phi) is 6.00. The van der Waals surface area contributed by atoms with Crippen LogP contribution in [0.15, 0.2) is 29.3 Å². The summed E-state index contributed by atoms with van der Waals surface area (Å²) >= 11 is 0. The number of guanidine groups is 1. The molecule has 1 fully saturated rings. The molecule has 1 saturated heterocycles. The van der Waals surface area contributed by atoms with Crippen molar-refractivity contribution in [3.63, 3.8) is 0 Å². The van der Waals surface area contributed by atoms with Crippen LogP contribution in [-0.4, -0.2) is 84.6 Å². The molecule has 0 spiro atoms. The minimum absolute atomic E-state index is 0.00428. The Hall–Kier alpha value is -2.77. The highest BCUT2D eigenvalue weighted by molar-refractivity contribution is 5.93. The Balaban J connectivity index is 1.51. The van der Waals surface area contributed by atoms with E-state index in [0.717, 1.165) is 18.1 Å². The van der Waals surface area contributed by atoms with Crippen LogP contribution in [0.3, 0.4) is 0 Å². The van der Waals surface area contributed by atoms with Gasteiger partial charge in [0.15, 0.2) is 5.96 Å². The first-order chi connectivity index (χ1) is 13.6. The van der Waals surface area contributed by atoms with Crippen molar-refractivity contribution in [1.82, 2.24) is 20.0 Å². The van der Waals surface area contributed by atoms with Crippen molar-refractivity contribution in [2.45, 2.75) is 39.0 Å². The summed E-state index contributed by atoms with van der Waals surface area (Å²) in [5, 5.41) is 3.40. The Morgan fingerprint density at radius 2 is 1.90 bits per heavy atom. The maximum Gasteiger partial charge on any atom is 0.410 e. The van der Waals surface area contributed by atoms with Crippen molar-refractivity contribution in [1.29, 1.82) is 0 Å². The van der Waals surface area contributed by atoms with Gasteiger partial charge in [-0.15, -0.1) is 0 Å². The molecule has 1 aromatic carbocycles. The van der Waals surface area contributed by atoms with Crippen molar-refractivity contribution >= 4 is 18.0 Å². The van der Waals surface area contributed by atoms with Gasteiger partial charge in [0.05, 0.1) is 12.6 Å². The third kappa shape index (κ3) is 5.19. The van der Waals surface area contributed by atoms with E-state index in [1.807, 2.05) is 45.0 Å². The second-order valence-corrected chi connectivity index (χ2v) is 8.69. The van der Waals surface area contributed by atoms with Gasteiger partial charge in [0, 0.05) is 45.8 Å².